The molecule has 1 heterocycles. The number of aromatic nitrogens is 2. The molecule has 0 fully saturated rings. The Morgan fingerprint density at radius 3 is 2.57 bits per heavy atom. The maximum Gasteiger partial charge on any atom is 0.221 e. The number of carbonyl (C=O) groups is 1. The van der Waals surface area contributed by atoms with E-state index in [0.29, 0.717) is 22.9 Å². The van der Waals surface area contributed by atoms with Crippen molar-refractivity contribution in [3.63, 3.8) is 0 Å². The molecule has 1 amide bonds. The molecule has 0 spiro atoms. The lowest BCUT2D eigenvalue weighted by molar-refractivity contribution is -0.114. The van der Waals surface area contributed by atoms with Crippen molar-refractivity contribution >= 4 is 35.3 Å². The highest BCUT2D eigenvalue weighted by Gasteiger charge is 2.12. The van der Waals surface area contributed by atoms with Gasteiger partial charge in [0.25, 0.3) is 0 Å². The minimum Gasteiger partial charge on any atom is -0.369 e. The summed E-state index contributed by atoms with van der Waals surface area (Å²) in [4.78, 5) is 16.9. The number of nitrogens with one attached hydrogen (secondary N) is 3. The van der Waals surface area contributed by atoms with Gasteiger partial charge in [0, 0.05) is 32.4 Å². The van der Waals surface area contributed by atoms with Crippen molar-refractivity contribution in [3.8, 4) is 6.07 Å². The van der Waals surface area contributed by atoms with Crippen LogP contribution in [0, 0.1) is 11.3 Å². The molecular formula is C15H17N7O. The predicted octanol–water partition coefficient (Wildman–Crippen LogP) is 2.20. The van der Waals surface area contributed by atoms with Gasteiger partial charge in [-0.3, -0.25) is 9.89 Å². The molecule has 1 aromatic carbocycles. The summed E-state index contributed by atoms with van der Waals surface area (Å²) in [5.41, 5.74) is 1.76. The van der Waals surface area contributed by atoms with Crippen molar-refractivity contribution in [2.45, 2.75) is 6.92 Å². The van der Waals surface area contributed by atoms with Crippen LogP contribution in [0.2, 0.25) is 0 Å². The van der Waals surface area contributed by atoms with Crippen molar-refractivity contribution in [2.75, 3.05) is 24.7 Å². The molecular weight excluding hydrogens is 294 g/mol. The van der Waals surface area contributed by atoms with Crippen LogP contribution in [0.5, 0.6) is 0 Å². The van der Waals surface area contributed by atoms with E-state index in [2.05, 4.69) is 31.9 Å². The number of hydrogen-bond acceptors (Lipinski definition) is 5. The normalized spacial score (nSPS) is 10.3. The van der Waals surface area contributed by atoms with Gasteiger partial charge >= 0.3 is 0 Å². The predicted molar refractivity (Wildman–Crippen MR) is 89.2 cm³/mol. The molecule has 2 rings (SSSR count). The summed E-state index contributed by atoms with van der Waals surface area (Å²) >= 11 is 0. The van der Waals surface area contributed by atoms with Crippen molar-refractivity contribution in [1.82, 2.24) is 15.1 Å². The molecule has 0 atom stereocenters. The number of anilines is 3. The third kappa shape index (κ3) is 4.31. The van der Waals surface area contributed by atoms with Crippen LogP contribution in [0.3, 0.4) is 0 Å². The molecule has 2 aromatic rings. The molecule has 8 nitrogen and oxygen atoms in total. The zero-order valence-electron chi connectivity index (χ0n) is 13.1. The number of benzene rings is 1. The van der Waals surface area contributed by atoms with E-state index in [1.54, 1.807) is 35.5 Å². The number of aromatic amines is 1. The number of nitriles is 1. The Morgan fingerprint density at radius 2 is 2.00 bits per heavy atom. The van der Waals surface area contributed by atoms with Gasteiger partial charge in [-0.2, -0.15) is 10.4 Å². The SMILES string of the molecule is CC(=O)Nc1ccc(Nc2n[nH]c(/N=C/N(C)C)c2C#N)cc1. The number of H-pyrrole nitrogens is 1. The van der Waals surface area contributed by atoms with Crippen LogP contribution >= 0.6 is 0 Å². The van der Waals surface area contributed by atoms with E-state index in [0.717, 1.165) is 5.69 Å². The van der Waals surface area contributed by atoms with Crippen LogP contribution < -0.4 is 10.6 Å². The van der Waals surface area contributed by atoms with Gasteiger partial charge in [-0.05, 0) is 24.3 Å². The minimum atomic E-state index is -0.131. The van der Waals surface area contributed by atoms with Crippen LogP contribution in [0.1, 0.15) is 12.5 Å². The summed E-state index contributed by atoms with van der Waals surface area (Å²) in [6, 6.07) is 9.16. The van der Waals surface area contributed by atoms with Gasteiger partial charge in [0.15, 0.2) is 11.6 Å². The largest absolute Gasteiger partial charge is 0.369 e. The Labute approximate surface area is 133 Å². The summed E-state index contributed by atoms with van der Waals surface area (Å²) in [6.45, 7) is 1.45. The standard InChI is InChI=1S/C15H17N7O/c1-10(23)18-11-4-6-12(7-5-11)19-15-13(8-16)14(20-21-15)17-9-22(2)3/h4-7,9H,1-3H3,(H,18,23)(H2,19,20,21)/b17-9+. The van der Waals surface area contributed by atoms with E-state index in [1.807, 2.05) is 14.1 Å². The molecule has 3 N–H and O–H groups in total. The highest BCUT2D eigenvalue weighted by atomic mass is 16.1. The fourth-order valence-electron chi connectivity index (χ4n) is 1.77. The van der Waals surface area contributed by atoms with Crippen LogP contribution in [0.15, 0.2) is 29.3 Å². The van der Waals surface area contributed by atoms with Gasteiger partial charge < -0.3 is 15.5 Å². The van der Waals surface area contributed by atoms with Gasteiger partial charge in [0.05, 0.1) is 6.34 Å². The fraction of sp³-hybridized carbons (Fsp3) is 0.200. The summed E-state index contributed by atoms with van der Waals surface area (Å²) in [5, 5.41) is 21.8. The second-order valence-electron chi connectivity index (χ2n) is 5.00. The van der Waals surface area contributed by atoms with E-state index < -0.39 is 0 Å². The molecule has 0 saturated carbocycles. The number of nitrogens with zero attached hydrogens (tertiary/aromatic N) is 4. The molecule has 0 saturated heterocycles. The fourth-order valence-corrected chi connectivity index (χ4v) is 1.77. The highest BCUT2D eigenvalue weighted by molar-refractivity contribution is 5.88. The first-order chi connectivity index (χ1) is 11.0. The van der Waals surface area contributed by atoms with Crippen molar-refractivity contribution < 1.29 is 4.79 Å². The van der Waals surface area contributed by atoms with Crippen LogP contribution in [0.4, 0.5) is 23.0 Å². The number of hydrogen-bond donors (Lipinski definition) is 3. The lowest BCUT2D eigenvalue weighted by Gasteiger charge is -2.06. The second kappa shape index (κ2) is 7.09. The number of rotatable bonds is 5. The summed E-state index contributed by atoms with van der Waals surface area (Å²) in [5.74, 6) is 0.650. The maximum absolute atomic E-state index is 11.0. The quantitative estimate of drug-likeness (QED) is 0.579. The highest BCUT2D eigenvalue weighted by Crippen LogP contribution is 2.26. The maximum atomic E-state index is 11.0. The first-order valence-corrected chi connectivity index (χ1v) is 6.83. The smallest absolute Gasteiger partial charge is 0.221 e. The van der Waals surface area contributed by atoms with E-state index >= 15 is 0 Å². The van der Waals surface area contributed by atoms with E-state index in [1.165, 1.54) is 6.92 Å². The lowest BCUT2D eigenvalue weighted by atomic mass is 10.2. The van der Waals surface area contributed by atoms with E-state index in [9.17, 15) is 10.1 Å². The Morgan fingerprint density at radius 1 is 1.35 bits per heavy atom. The van der Waals surface area contributed by atoms with Gasteiger partial charge in [0.1, 0.15) is 11.6 Å². The lowest BCUT2D eigenvalue weighted by Crippen LogP contribution is -2.07. The molecule has 0 aliphatic heterocycles. The van der Waals surface area contributed by atoms with Gasteiger partial charge in [-0.15, -0.1) is 0 Å². The monoisotopic (exact) mass is 311 g/mol. The van der Waals surface area contributed by atoms with Crippen molar-refractivity contribution in [2.24, 2.45) is 4.99 Å². The molecule has 118 valence electrons. The first kappa shape index (κ1) is 16.0. The van der Waals surface area contributed by atoms with E-state index in [-0.39, 0.29) is 5.91 Å². The average molecular weight is 311 g/mol. The zero-order chi connectivity index (χ0) is 16.8. The van der Waals surface area contributed by atoms with Crippen LogP contribution in [0.25, 0.3) is 0 Å². The molecule has 23 heavy (non-hydrogen) atoms. The van der Waals surface area contributed by atoms with Gasteiger partial charge in [0.2, 0.25) is 5.91 Å². The van der Waals surface area contributed by atoms with Gasteiger partial charge in [-0.1, -0.05) is 0 Å². The first-order valence-electron chi connectivity index (χ1n) is 6.83. The van der Waals surface area contributed by atoms with Crippen LogP contribution in [-0.2, 0) is 4.79 Å². The summed E-state index contributed by atoms with van der Waals surface area (Å²) < 4.78 is 0. The number of aliphatic imine (C=N–C) groups is 1. The molecule has 0 unspecified atom stereocenters. The van der Waals surface area contributed by atoms with Crippen molar-refractivity contribution in [1.29, 1.82) is 5.26 Å². The topological polar surface area (TPSA) is 109 Å². The number of amides is 1. The Balaban J connectivity index is 2.17. The molecule has 0 aliphatic carbocycles. The van der Waals surface area contributed by atoms with E-state index in [4.69, 9.17) is 0 Å². The molecule has 0 aliphatic rings. The third-order valence-electron chi connectivity index (χ3n) is 2.74. The third-order valence-corrected chi connectivity index (χ3v) is 2.74. The summed E-state index contributed by atoms with van der Waals surface area (Å²) in [6.07, 6.45) is 1.58. The minimum absolute atomic E-state index is 0.131. The van der Waals surface area contributed by atoms with Crippen LogP contribution in [-0.4, -0.2) is 41.4 Å². The molecule has 0 radical (unpaired) electrons. The van der Waals surface area contributed by atoms with Gasteiger partial charge in [-0.25, -0.2) is 4.99 Å². The summed E-state index contributed by atoms with van der Waals surface area (Å²) in [7, 11) is 3.67. The molecule has 1 aromatic heterocycles. The molecule has 0 bridgehead atoms. The molecule has 8 heteroatoms. The Kier molecular flexibility index (Phi) is 4.94. The second-order valence-corrected chi connectivity index (χ2v) is 5.00. The number of carbonyl (C=O) groups excluding carboxylic acids is 1. The van der Waals surface area contributed by atoms with Crippen molar-refractivity contribution in [3.05, 3.63) is 29.8 Å². The Bertz CT molecular complexity index is 753. The zero-order valence-corrected chi connectivity index (χ0v) is 13.1. The average Bonchev–Trinajstić information content (AvgIpc) is 2.88. The Hall–Kier alpha value is -3.34.